The van der Waals surface area contributed by atoms with Gasteiger partial charge in [-0.25, -0.2) is 4.79 Å². The maximum Gasteiger partial charge on any atom is 0.418 e. The monoisotopic (exact) mass is 368 g/mol. The zero-order chi connectivity index (χ0) is 16.2. The van der Waals surface area contributed by atoms with Gasteiger partial charge in [-0.1, -0.05) is 15.9 Å². The van der Waals surface area contributed by atoms with Gasteiger partial charge in [-0.15, -0.1) is 0 Å². The SMILES string of the molecule is CCOC(=O)C(N)C(=O)Nc1ccc(Br)cc1C(F)(F)F. The molecule has 0 aliphatic rings. The van der Waals surface area contributed by atoms with E-state index in [1.54, 1.807) is 0 Å². The van der Waals surface area contributed by atoms with Crippen molar-refractivity contribution in [2.24, 2.45) is 5.73 Å². The zero-order valence-electron chi connectivity index (χ0n) is 10.8. The summed E-state index contributed by atoms with van der Waals surface area (Å²) in [6.07, 6.45) is -4.67. The van der Waals surface area contributed by atoms with Crippen LogP contribution in [0.5, 0.6) is 0 Å². The molecule has 0 saturated carbocycles. The predicted molar refractivity (Wildman–Crippen MR) is 72.4 cm³/mol. The minimum Gasteiger partial charge on any atom is -0.464 e. The van der Waals surface area contributed by atoms with Gasteiger partial charge in [0.15, 0.2) is 6.04 Å². The molecule has 0 aliphatic heterocycles. The van der Waals surface area contributed by atoms with Gasteiger partial charge in [0.1, 0.15) is 0 Å². The number of nitrogens with one attached hydrogen (secondary N) is 1. The third kappa shape index (κ3) is 4.71. The van der Waals surface area contributed by atoms with Crippen LogP contribution in [0.3, 0.4) is 0 Å². The number of carbonyl (C=O) groups is 2. The molecule has 0 heterocycles. The van der Waals surface area contributed by atoms with Crippen LogP contribution in [0, 0.1) is 0 Å². The van der Waals surface area contributed by atoms with Crippen LogP contribution in [0.4, 0.5) is 18.9 Å². The Morgan fingerprint density at radius 2 is 2.05 bits per heavy atom. The maximum atomic E-state index is 12.9. The van der Waals surface area contributed by atoms with Crippen molar-refractivity contribution in [3.05, 3.63) is 28.2 Å². The van der Waals surface area contributed by atoms with Crippen LogP contribution in [0.1, 0.15) is 12.5 Å². The average molecular weight is 369 g/mol. The van der Waals surface area contributed by atoms with Gasteiger partial charge in [-0.3, -0.25) is 4.79 Å². The third-order valence-electron chi connectivity index (χ3n) is 2.37. The fourth-order valence-electron chi connectivity index (χ4n) is 1.41. The van der Waals surface area contributed by atoms with Crippen molar-refractivity contribution in [3.8, 4) is 0 Å². The standard InChI is InChI=1S/C12H12BrF3N2O3/c1-2-21-11(20)9(17)10(19)18-8-4-3-6(13)5-7(8)12(14,15)16/h3-5,9H,2,17H2,1H3,(H,18,19). The van der Waals surface area contributed by atoms with E-state index in [4.69, 9.17) is 5.73 Å². The van der Waals surface area contributed by atoms with E-state index in [0.29, 0.717) is 0 Å². The van der Waals surface area contributed by atoms with Crippen LogP contribution >= 0.6 is 15.9 Å². The third-order valence-corrected chi connectivity index (χ3v) is 2.86. The number of carbonyl (C=O) groups excluding carboxylic acids is 2. The molecule has 1 aromatic rings. The summed E-state index contributed by atoms with van der Waals surface area (Å²) >= 11 is 2.92. The van der Waals surface area contributed by atoms with E-state index in [1.807, 2.05) is 5.32 Å². The molecule has 0 aromatic heterocycles. The second kappa shape index (κ2) is 6.90. The number of halogens is 4. The highest BCUT2D eigenvalue weighted by Gasteiger charge is 2.35. The van der Waals surface area contributed by atoms with Gasteiger partial charge in [-0.05, 0) is 25.1 Å². The second-order valence-corrected chi connectivity index (χ2v) is 4.82. The van der Waals surface area contributed by atoms with Crippen molar-refractivity contribution < 1.29 is 27.5 Å². The molecule has 3 N–H and O–H groups in total. The lowest BCUT2D eigenvalue weighted by Gasteiger charge is -2.16. The molecule has 0 aliphatic carbocycles. The highest BCUT2D eigenvalue weighted by atomic mass is 79.9. The number of benzene rings is 1. The molecular weight excluding hydrogens is 357 g/mol. The van der Waals surface area contributed by atoms with Gasteiger partial charge in [0, 0.05) is 4.47 Å². The fourth-order valence-corrected chi connectivity index (χ4v) is 1.77. The number of anilines is 1. The summed E-state index contributed by atoms with van der Waals surface area (Å²) in [5.74, 6) is -2.10. The Morgan fingerprint density at radius 1 is 1.43 bits per heavy atom. The van der Waals surface area contributed by atoms with E-state index in [0.717, 1.165) is 12.1 Å². The van der Waals surface area contributed by atoms with E-state index in [-0.39, 0.29) is 11.1 Å². The number of amides is 1. The summed E-state index contributed by atoms with van der Waals surface area (Å²) in [7, 11) is 0. The molecule has 1 amide bonds. The summed E-state index contributed by atoms with van der Waals surface area (Å²) in [5, 5.41) is 1.98. The number of nitrogens with two attached hydrogens (primary N) is 1. The first-order valence-corrected chi connectivity index (χ1v) is 6.56. The Kier molecular flexibility index (Phi) is 5.73. The van der Waals surface area contributed by atoms with Gasteiger partial charge >= 0.3 is 12.1 Å². The van der Waals surface area contributed by atoms with Crippen LogP contribution in [0.25, 0.3) is 0 Å². The van der Waals surface area contributed by atoms with Gasteiger partial charge in [0.05, 0.1) is 17.9 Å². The number of rotatable bonds is 4. The van der Waals surface area contributed by atoms with Crippen molar-refractivity contribution in [2.75, 3.05) is 11.9 Å². The van der Waals surface area contributed by atoms with Crippen molar-refractivity contribution in [2.45, 2.75) is 19.1 Å². The van der Waals surface area contributed by atoms with Gasteiger partial charge < -0.3 is 15.8 Å². The summed E-state index contributed by atoms with van der Waals surface area (Å²) in [6.45, 7) is 1.52. The maximum absolute atomic E-state index is 12.9. The Labute approximate surface area is 126 Å². The highest BCUT2D eigenvalue weighted by molar-refractivity contribution is 9.10. The van der Waals surface area contributed by atoms with E-state index >= 15 is 0 Å². The molecule has 116 valence electrons. The molecule has 1 aromatic carbocycles. The van der Waals surface area contributed by atoms with E-state index in [1.165, 1.54) is 13.0 Å². The topological polar surface area (TPSA) is 81.4 Å². The average Bonchev–Trinajstić information content (AvgIpc) is 2.38. The fraction of sp³-hybridized carbons (Fsp3) is 0.333. The molecule has 1 atom stereocenters. The van der Waals surface area contributed by atoms with E-state index in [2.05, 4.69) is 20.7 Å². The van der Waals surface area contributed by atoms with Crippen molar-refractivity contribution in [1.82, 2.24) is 0 Å². The number of ether oxygens (including phenoxy) is 1. The predicted octanol–water partition coefficient (Wildman–Crippen LogP) is 2.30. The van der Waals surface area contributed by atoms with Crippen LogP contribution in [0.2, 0.25) is 0 Å². The largest absolute Gasteiger partial charge is 0.464 e. The number of hydrogen-bond donors (Lipinski definition) is 2. The lowest BCUT2D eigenvalue weighted by atomic mass is 10.1. The van der Waals surface area contributed by atoms with E-state index in [9.17, 15) is 22.8 Å². The summed E-state index contributed by atoms with van der Waals surface area (Å²) in [4.78, 5) is 22.9. The highest BCUT2D eigenvalue weighted by Crippen LogP contribution is 2.36. The molecule has 1 rings (SSSR count). The van der Waals surface area contributed by atoms with Crippen LogP contribution in [-0.2, 0) is 20.5 Å². The molecule has 1 unspecified atom stereocenters. The van der Waals surface area contributed by atoms with Gasteiger partial charge in [0.2, 0.25) is 0 Å². The van der Waals surface area contributed by atoms with Crippen molar-refractivity contribution in [3.63, 3.8) is 0 Å². The van der Waals surface area contributed by atoms with Crippen LogP contribution in [0.15, 0.2) is 22.7 Å². The number of alkyl halides is 3. The summed E-state index contributed by atoms with van der Waals surface area (Å²) in [6, 6.07) is 1.49. The zero-order valence-corrected chi connectivity index (χ0v) is 12.4. The molecule has 0 saturated heterocycles. The molecule has 0 radical (unpaired) electrons. The van der Waals surface area contributed by atoms with Crippen molar-refractivity contribution in [1.29, 1.82) is 0 Å². The normalized spacial score (nSPS) is 12.7. The lowest BCUT2D eigenvalue weighted by molar-refractivity contribution is -0.146. The number of hydrogen-bond acceptors (Lipinski definition) is 4. The molecule has 0 fully saturated rings. The van der Waals surface area contributed by atoms with Crippen LogP contribution in [-0.4, -0.2) is 24.5 Å². The summed E-state index contributed by atoms with van der Waals surface area (Å²) < 4.78 is 43.3. The smallest absolute Gasteiger partial charge is 0.418 e. The minimum atomic E-state index is -4.67. The number of esters is 1. The Hall–Kier alpha value is -1.61. The molecule has 5 nitrogen and oxygen atoms in total. The Morgan fingerprint density at radius 3 is 2.57 bits per heavy atom. The Balaban J connectivity index is 2.98. The molecule has 21 heavy (non-hydrogen) atoms. The molecule has 0 spiro atoms. The quantitative estimate of drug-likeness (QED) is 0.631. The summed E-state index contributed by atoms with van der Waals surface area (Å²) in [5.41, 5.74) is 3.76. The molecule has 9 heteroatoms. The van der Waals surface area contributed by atoms with Crippen molar-refractivity contribution >= 4 is 33.5 Å². The molecular formula is C12H12BrF3N2O3. The lowest BCUT2D eigenvalue weighted by Crippen LogP contribution is -2.43. The van der Waals surface area contributed by atoms with Gasteiger partial charge in [-0.2, -0.15) is 13.2 Å². The second-order valence-electron chi connectivity index (χ2n) is 3.91. The van der Waals surface area contributed by atoms with Crippen LogP contribution < -0.4 is 11.1 Å². The van der Waals surface area contributed by atoms with E-state index < -0.39 is 35.3 Å². The first-order chi connectivity index (χ1) is 9.66. The first kappa shape index (κ1) is 17.4. The first-order valence-electron chi connectivity index (χ1n) is 5.76. The Bertz CT molecular complexity index is 549. The minimum absolute atomic E-state index is 0.00585. The molecule has 0 bridgehead atoms. The van der Waals surface area contributed by atoms with Gasteiger partial charge in [0.25, 0.3) is 5.91 Å².